The second-order valence-electron chi connectivity index (χ2n) is 6.06. The molecule has 0 heterocycles. The van der Waals surface area contributed by atoms with Crippen molar-refractivity contribution in [2.75, 3.05) is 13.1 Å². The molecule has 22 heavy (non-hydrogen) atoms. The summed E-state index contributed by atoms with van der Waals surface area (Å²) in [6.07, 6.45) is 0. The predicted molar refractivity (Wildman–Crippen MR) is 81.8 cm³/mol. The van der Waals surface area contributed by atoms with Crippen LogP contribution in [0.25, 0.3) is 0 Å². The number of carboxylic acids is 1. The first-order valence-corrected chi connectivity index (χ1v) is 8.52. The average molecular weight is 331 g/mol. The smallest absolute Gasteiger partial charge is 0.335 e. The van der Waals surface area contributed by atoms with Crippen molar-refractivity contribution < 1.29 is 22.7 Å². The summed E-state index contributed by atoms with van der Waals surface area (Å²) >= 11 is 0. The van der Waals surface area contributed by atoms with E-state index in [-0.39, 0.29) is 30.5 Å². The van der Waals surface area contributed by atoms with Crippen LogP contribution in [0.5, 0.6) is 0 Å². The van der Waals surface area contributed by atoms with Gasteiger partial charge in [0.2, 0.25) is 10.0 Å². The molecule has 0 radical (unpaired) electrons. The Morgan fingerprint density at radius 1 is 1.18 bits per heavy atom. The van der Waals surface area contributed by atoms with Crippen molar-refractivity contribution in [3.05, 3.63) is 29.6 Å². The van der Waals surface area contributed by atoms with Gasteiger partial charge in [-0.2, -0.15) is 4.31 Å². The second kappa shape index (κ2) is 7.19. The van der Waals surface area contributed by atoms with Crippen molar-refractivity contribution in [1.82, 2.24) is 4.31 Å². The Morgan fingerprint density at radius 3 is 2.09 bits per heavy atom. The molecule has 0 saturated heterocycles. The number of benzene rings is 1. The van der Waals surface area contributed by atoms with Crippen molar-refractivity contribution in [1.29, 1.82) is 0 Å². The van der Waals surface area contributed by atoms with E-state index in [2.05, 4.69) is 0 Å². The third-order valence-electron chi connectivity index (χ3n) is 2.93. The topological polar surface area (TPSA) is 74.7 Å². The zero-order chi connectivity index (χ0) is 17.1. The van der Waals surface area contributed by atoms with Crippen LogP contribution >= 0.6 is 0 Å². The first kappa shape index (κ1) is 18.6. The highest BCUT2D eigenvalue weighted by Crippen LogP contribution is 2.23. The molecule has 0 aliphatic rings. The lowest BCUT2D eigenvalue weighted by Crippen LogP contribution is -2.37. The van der Waals surface area contributed by atoms with Gasteiger partial charge in [0, 0.05) is 13.1 Å². The Hall–Kier alpha value is -1.47. The van der Waals surface area contributed by atoms with Crippen LogP contribution in [-0.4, -0.2) is 36.9 Å². The minimum atomic E-state index is -4.08. The molecule has 0 aliphatic heterocycles. The third-order valence-corrected chi connectivity index (χ3v) is 4.78. The Labute approximate surface area is 130 Å². The van der Waals surface area contributed by atoms with E-state index >= 15 is 0 Å². The van der Waals surface area contributed by atoms with Gasteiger partial charge in [0.25, 0.3) is 0 Å². The Balaban J connectivity index is 3.35. The largest absolute Gasteiger partial charge is 0.478 e. The number of carbonyl (C=O) groups is 1. The first-order valence-electron chi connectivity index (χ1n) is 7.08. The molecule has 1 N–H and O–H groups in total. The summed E-state index contributed by atoms with van der Waals surface area (Å²) in [5.41, 5.74) is -0.256. The minimum absolute atomic E-state index is 0.0687. The van der Waals surface area contributed by atoms with Gasteiger partial charge in [0.05, 0.1) is 5.56 Å². The number of rotatable bonds is 7. The molecule has 0 aliphatic carbocycles. The fourth-order valence-electron chi connectivity index (χ4n) is 2.06. The van der Waals surface area contributed by atoms with Gasteiger partial charge in [-0.1, -0.05) is 27.7 Å². The van der Waals surface area contributed by atoms with E-state index < -0.39 is 26.7 Å². The number of hydrogen-bond donors (Lipinski definition) is 1. The molecule has 0 aromatic heterocycles. The summed E-state index contributed by atoms with van der Waals surface area (Å²) in [6, 6.07) is 2.80. The van der Waals surface area contributed by atoms with Crippen molar-refractivity contribution in [2.24, 2.45) is 11.8 Å². The predicted octanol–water partition coefficient (Wildman–Crippen LogP) is 2.83. The molecule has 1 aromatic carbocycles. The summed E-state index contributed by atoms with van der Waals surface area (Å²) in [4.78, 5) is 10.4. The minimum Gasteiger partial charge on any atom is -0.478 e. The lowest BCUT2D eigenvalue weighted by Gasteiger charge is -2.26. The maximum Gasteiger partial charge on any atom is 0.335 e. The van der Waals surface area contributed by atoms with Gasteiger partial charge in [0.1, 0.15) is 10.7 Å². The van der Waals surface area contributed by atoms with Crippen molar-refractivity contribution in [3.8, 4) is 0 Å². The van der Waals surface area contributed by atoms with Gasteiger partial charge in [-0.05, 0) is 30.0 Å². The van der Waals surface area contributed by atoms with E-state index in [1.54, 1.807) is 0 Å². The van der Waals surface area contributed by atoms with E-state index in [9.17, 15) is 17.6 Å². The van der Waals surface area contributed by atoms with E-state index in [1.165, 1.54) is 4.31 Å². The molecular weight excluding hydrogens is 309 g/mol. The number of hydrogen-bond acceptors (Lipinski definition) is 3. The number of halogens is 1. The number of aromatic carboxylic acids is 1. The van der Waals surface area contributed by atoms with Gasteiger partial charge in [0.15, 0.2) is 0 Å². The molecule has 5 nitrogen and oxygen atoms in total. The highest BCUT2D eigenvalue weighted by atomic mass is 32.2. The Bertz CT molecular complexity index is 631. The molecule has 0 amide bonds. The van der Waals surface area contributed by atoms with Crippen LogP contribution in [0.4, 0.5) is 4.39 Å². The summed E-state index contributed by atoms with van der Waals surface area (Å²) in [7, 11) is -4.08. The Morgan fingerprint density at radius 2 is 1.68 bits per heavy atom. The molecule has 0 bridgehead atoms. The molecule has 0 atom stereocenters. The SMILES string of the molecule is CC(C)CN(CC(C)C)S(=O)(=O)c1cc(C(=O)O)ccc1F. The first-order chi connectivity index (χ1) is 10.1. The molecule has 0 spiro atoms. The summed E-state index contributed by atoms with van der Waals surface area (Å²) in [6.45, 7) is 7.97. The monoisotopic (exact) mass is 331 g/mol. The van der Waals surface area contributed by atoms with E-state index in [4.69, 9.17) is 5.11 Å². The highest BCUT2D eigenvalue weighted by Gasteiger charge is 2.29. The second-order valence-corrected chi connectivity index (χ2v) is 7.97. The van der Waals surface area contributed by atoms with Crippen LogP contribution in [-0.2, 0) is 10.0 Å². The molecule has 1 rings (SSSR count). The van der Waals surface area contributed by atoms with E-state index in [0.29, 0.717) is 0 Å². The molecule has 124 valence electrons. The van der Waals surface area contributed by atoms with Gasteiger partial charge < -0.3 is 5.11 Å². The highest BCUT2D eigenvalue weighted by molar-refractivity contribution is 7.89. The van der Waals surface area contributed by atoms with Crippen molar-refractivity contribution in [3.63, 3.8) is 0 Å². The number of sulfonamides is 1. The third kappa shape index (κ3) is 4.51. The molecule has 0 saturated carbocycles. The van der Waals surface area contributed by atoms with Crippen LogP contribution in [0.15, 0.2) is 23.1 Å². The number of carboxylic acid groups (broad SMARTS) is 1. The number of nitrogens with zero attached hydrogens (tertiary/aromatic N) is 1. The summed E-state index contributed by atoms with van der Waals surface area (Å²) < 4.78 is 40.6. The standard InChI is InChI=1S/C15H22FNO4S/c1-10(2)8-17(9-11(3)4)22(20,21)14-7-12(15(18)19)5-6-13(14)16/h5-7,10-11H,8-9H2,1-4H3,(H,18,19). The molecule has 1 aromatic rings. The lowest BCUT2D eigenvalue weighted by molar-refractivity contribution is 0.0696. The van der Waals surface area contributed by atoms with Crippen LogP contribution < -0.4 is 0 Å². The van der Waals surface area contributed by atoms with Gasteiger partial charge >= 0.3 is 5.97 Å². The molecule has 7 heteroatoms. The van der Waals surface area contributed by atoms with Crippen molar-refractivity contribution >= 4 is 16.0 Å². The van der Waals surface area contributed by atoms with Gasteiger partial charge in [-0.15, -0.1) is 0 Å². The van der Waals surface area contributed by atoms with Crippen LogP contribution in [0.1, 0.15) is 38.1 Å². The fraction of sp³-hybridized carbons (Fsp3) is 0.533. The average Bonchev–Trinajstić information content (AvgIpc) is 2.36. The normalized spacial score (nSPS) is 12.4. The molecule has 0 fully saturated rings. The lowest BCUT2D eigenvalue weighted by atomic mass is 10.2. The summed E-state index contributed by atoms with van der Waals surface area (Å²) in [5.74, 6) is -2.10. The molecule has 0 unspecified atom stereocenters. The maximum absolute atomic E-state index is 14.0. The Kier molecular flexibility index (Phi) is 6.08. The van der Waals surface area contributed by atoms with E-state index in [0.717, 1.165) is 18.2 Å². The fourth-order valence-corrected chi connectivity index (χ4v) is 3.92. The molecular formula is C15H22FNO4S. The summed E-state index contributed by atoms with van der Waals surface area (Å²) in [5, 5.41) is 8.96. The van der Waals surface area contributed by atoms with Crippen LogP contribution in [0.3, 0.4) is 0 Å². The van der Waals surface area contributed by atoms with E-state index in [1.807, 2.05) is 27.7 Å². The zero-order valence-corrected chi connectivity index (χ0v) is 14.0. The maximum atomic E-state index is 14.0. The van der Waals surface area contributed by atoms with Crippen molar-refractivity contribution in [2.45, 2.75) is 32.6 Å². The van der Waals surface area contributed by atoms with Crippen LogP contribution in [0.2, 0.25) is 0 Å². The quantitative estimate of drug-likeness (QED) is 0.833. The zero-order valence-electron chi connectivity index (χ0n) is 13.2. The van der Waals surface area contributed by atoms with Gasteiger partial charge in [-0.3, -0.25) is 0 Å². The van der Waals surface area contributed by atoms with Gasteiger partial charge in [-0.25, -0.2) is 17.6 Å². The van der Waals surface area contributed by atoms with Crippen LogP contribution in [0, 0.1) is 17.7 Å².